The number of rotatable bonds is 8. The van der Waals surface area contributed by atoms with Gasteiger partial charge in [0.15, 0.2) is 11.5 Å². The van der Waals surface area contributed by atoms with E-state index in [2.05, 4.69) is 0 Å². The van der Waals surface area contributed by atoms with Crippen molar-refractivity contribution >= 4 is 50.7 Å². The van der Waals surface area contributed by atoms with Crippen molar-refractivity contribution in [3.63, 3.8) is 0 Å². The molecule has 1 aliphatic rings. The van der Waals surface area contributed by atoms with Crippen LogP contribution >= 0.6 is 23.4 Å². The summed E-state index contributed by atoms with van der Waals surface area (Å²) in [4.78, 5) is 26.7. The van der Waals surface area contributed by atoms with Crippen molar-refractivity contribution in [3.8, 4) is 11.5 Å². The zero-order valence-corrected chi connectivity index (χ0v) is 20.9. The zero-order chi connectivity index (χ0) is 25.0. The van der Waals surface area contributed by atoms with Gasteiger partial charge in [0.05, 0.1) is 18.1 Å². The van der Waals surface area contributed by atoms with Gasteiger partial charge in [-0.3, -0.25) is 14.5 Å². The summed E-state index contributed by atoms with van der Waals surface area (Å²) < 4.78 is 36.2. The third-order valence-electron chi connectivity index (χ3n) is 4.92. The first-order valence-electron chi connectivity index (χ1n) is 10.5. The number of halogens is 1. The third kappa shape index (κ3) is 5.87. The molecule has 3 aromatic carbocycles. The number of hydrogen-bond acceptors (Lipinski definition) is 7. The van der Waals surface area contributed by atoms with E-state index in [0.29, 0.717) is 10.6 Å². The Kier molecular flexibility index (Phi) is 7.49. The number of amides is 2. The average molecular weight is 530 g/mol. The number of carbonyl (C=O) groups is 2. The number of benzene rings is 3. The Morgan fingerprint density at radius 1 is 0.971 bits per heavy atom. The van der Waals surface area contributed by atoms with Gasteiger partial charge < -0.3 is 8.92 Å². The molecule has 35 heavy (non-hydrogen) atoms. The highest BCUT2D eigenvalue weighted by Crippen LogP contribution is 2.36. The highest BCUT2D eigenvalue weighted by atomic mass is 35.5. The van der Waals surface area contributed by atoms with Crippen molar-refractivity contribution in [1.29, 1.82) is 0 Å². The van der Waals surface area contributed by atoms with Gasteiger partial charge in [-0.2, -0.15) is 8.42 Å². The summed E-state index contributed by atoms with van der Waals surface area (Å²) in [5.74, 6) is -0.217. The van der Waals surface area contributed by atoms with Crippen molar-refractivity contribution in [1.82, 2.24) is 4.90 Å². The van der Waals surface area contributed by atoms with Crippen LogP contribution in [0.4, 0.5) is 4.79 Å². The topological polar surface area (TPSA) is 90.0 Å². The minimum Gasteiger partial charge on any atom is -0.490 e. The smallest absolute Gasteiger partial charge is 0.339 e. The number of carbonyl (C=O) groups excluding carboxylic acids is 2. The largest absolute Gasteiger partial charge is 0.490 e. The lowest BCUT2D eigenvalue weighted by atomic mass is 10.1. The lowest BCUT2D eigenvalue weighted by Crippen LogP contribution is -2.27. The van der Waals surface area contributed by atoms with E-state index in [-0.39, 0.29) is 39.7 Å². The van der Waals surface area contributed by atoms with Crippen LogP contribution in [0.2, 0.25) is 5.02 Å². The van der Waals surface area contributed by atoms with Gasteiger partial charge in [-0.05, 0) is 72.3 Å². The second kappa shape index (κ2) is 10.6. The number of ether oxygens (including phenoxy) is 1. The molecule has 1 saturated heterocycles. The molecule has 4 rings (SSSR count). The Labute approximate surface area is 212 Å². The summed E-state index contributed by atoms with van der Waals surface area (Å²) in [6.45, 7) is 2.19. The normalized spacial score (nSPS) is 15.0. The molecule has 0 radical (unpaired) electrons. The Balaban J connectivity index is 1.57. The second-order valence-electron chi connectivity index (χ2n) is 7.38. The van der Waals surface area contributed by atoms with E-state index in [1.165, 1.54) is 35.2 Å². The molecular weight excluding hydrogens is 510 g/mol. The van der Waals surface area contributed by atoms with Gasteiger partial charge in [-0.1, -0.05) is 48.0 Å². The predicted molar refractivity (Wildman–Crippen MR) is 135 cm³/mol. The molecule has 2 amide bonds. The SMILES string of the molecule is CCOc1cc(/C=C2\SC(=O)N(Cc3ccccc3)C2=O)ccc1OS(=O)(=O)c1ccc(Cl)cc1. The fourth-order valence-electron chi connectivity index (χ4n) is 3.27. The second-order valence-corrected chi connectivity index (χ2v) is 10.4. The quantitative estimate of drug-likeness (QED) is 0.271. The summed E-state index contributed by atoms with van der Waals surface area (Å²) in [5, 5.41) is 0.0423. The van der Waals surface area contributed by atoms with Crippen LogP contribution in [-0.4, -0.2) is 31.1 Å². The predicted octanol–water partition coefficient (Wildman–Crippen LogP) is 5.74. The van der Waals surface area contributed by atoms with Crippen LogP contribution in [0.15, 0.2) is 82.6 Å². The van der Waals surface area contributed by atoms with Gasteiger partial charge in [0.2, 0.25) is 0 Å². The Morgan fingerprint density at radius 2 is 1.69 bits per heavy atom. The van der Waals surface area contributed by atoms with E-state index in [9.17, 15) is 18.0 Å². The van der Waals surface area contributed by atoms with Crippen molar-refractivity contribution in [2.45, 2.75) is 18.4 Å². The lowest BCUT2D eigenvalue weighted by Gasteiger charge is -2.13. The highest BCUT2D eigenvalue weighted by molar-refractivity contribution is 8.18. The Bertz CT molecular complexity index is 1390. The summed E-state index contributed by atoms with van der Waals surface area (Å²) in [5.41, 5.74) is 1.40. The molecule has 7 nitrogen and oxygen atoms in total. The number of nitrogens with zero attached hydrogens (tertiary/aromatic N) is 1. The van der Waals surface area contributed by atoms with E-state index in [1.807, 2.05) is 30.3 Å². The summed E-state index contributed by atoms with van der Waals surface area (Å²) >= 11 is 6.68. The van der Waals surface area contributed by atoms with E-state index in [0.717, 1.165) is 17.3 Å². The van der Waals surface area contributed by atoms with Crippen LogP contribution in [0, 0.1) is 0 Å². The maximum Gasteiger partial charge on any atom is 0.339 e. The summed E-state index contributed by atoms with van der Waals surface area (Å²) in [6, 6.07) is 19.4. The summed E-state index contributed by atoms with van der Waals surface area (Å²) in [6.07, 6.45) is 1.57. The first kappa shape index (κ1) is 24.8. The summed E-state index contributed by atoms with van der Waals surface area (Å²) in [7, 11) is -4.12. The molecule has 0 bridgehead atoms. The van der Waals surface area contributed by atoms with E-state index >= 15 is 0 Å². The monoisotopic (exact) mass is 529 g/mol. The van der Waals surface area contributed by atoms with E-state index in [1.54, 1.807) is 25.1 Å². The number of imide groups is 1. The van der Waals surface area contributed by atoms with Crippen molar-refractivity contribution in [3.05, 3.63) is 93.9 Å². The average Bonchev–Trinajstić information content (AvgIpc) is 3.09. The van der Waals surface area contributed by atoms with Gasteiger partial charge in [-0.15, -0.1) is 0 Å². The molecule has 3 aromatic rings. The van der Waals surface area contributed by atoms with Crippen molar-refractivity contribution < 1.29 is 26.9 Å². The molecule has 1 aliphatic heterocycles. The standard InChI is InChI=1S/C25H20ClNO6S2/c1-2-32-22-14-18(8-13-21(22)33-35(30,31)20-11-9-19(26)10-12-20)15-23-24(28)27(25(29)34-23)16-17-6-4-3-5-7-17/h3-15H,2,16H2,1H3/b23-15-. The molecule has 0 spiro atoms. The van der Waals surface area contributed by atoms with Gasteiger partial charge >= 0.3 is 10.1 Å². The van der Waals surface area contributed by atoms with Crippen molar-refractivity contribution in [2.24, 2.45) is 0 Å². The molecule has 0 aromatic heterocycles. The molecule has 0 atom stereocenters. The third-order valence-corrected chi connectivity index (χ3v) is 7.33. The van der Waals surface area contributed by atoms with Crippen LogP contribution in [0.5, 0.6) is 11.5 Å². The van der Waals surface area contributed by atoms with Crippen LogP contribution in [0.25, 0.3) is 6.08 Å². The maximum atomic E-state index is 12.8. The van der Waals surface area contributed by atoms with Crippen molar-refractivity contribution in [2.75, 3.05) is 6.61 Å². The molecule has 0 N–H and O–H groups in total. The van der Waals surface area contributed by atoms with Crippen LogP contribution in [-0.2, 0) is 21.5 Å². The highest BCUT2D eigenvalue weighted by Gasteiger charge is 2.35. The minimum absolute atomic E-state index is 0.00358. The van der Waals surface area contributed by atoms with Crippen LogP contribution < -0.4 is 8.92 Å². The maximum absolute atomic E-state index is 12.8. The molecule has 180 valence electrons. The lowest BCUT2D eigenvalue weighted by molar-refractivity contribution is -0.123. The zero-order valence-electron chi connectivity index (χ0n) is 18.5. The van der Waals surface area contributed by atoms with Gasteiger partial charge in [0, 0.05) is 5.02 Å². The van der Waals surface area contributed by atoms with E-state index in [4.69, 9.17) is 20.5 Å². The minimum atomic E-state index is -4.12. The van der Waals surface area contributed by atoms with Gasteiger partial charge in [0.25, 0.3) is 11.1 Å². The molecular formula is C25H20ClNO6S2. The Morgan fingerprint density at radius 3 is 2.37 bits per heavy atom. The molecule has 0 unspecified atom stereocenters. The first-order valence-corrected chi connectivity index (χ1v) is 13.1. The first-order chi connectivity index (χ1) is 16.8. The van der Waals surface area contributed by atoms with Gasteiger partial charge in [0.1, 0.15) is 4.90 Å². The fourth-order valence-corrected chi connectivity index (χ4v) is 5.18. The molecule has 0 saturated carbocycles. The molecule has 1 heterocycles. The molecule has 10 heteroatoms. The van der Waals surface area contributed by atoms with E-state index < -0.39 is 16.0 Å². The van der Waals surface area contributed by atoms with Gasteiger partial charge in [-0.25, -0.2) is 0 Å². The molecule has 1 fully saturated rings. The number of thioether (sulfide) groups is 1. The van der Waals surface area contributed by atoms with Crippen LogP contribution in [0.3, 0.4) is 0 Å². The number of hydrogen-bond donors (Lipinski definition) is 0. The van der Waals surface area contributed by atoms with Crippen LogP contribution in [0.1, 0.15) is 18.1 Å². The fraction of sp³-hybridized carbons (Fsp3) is 0.120. The Hall–Kier alpha value is -3.27. The molecule has 0 aliphatic carbocycles.